The zero-order chi connectivity index (χ0) is 28.7. The average Bonchev–Trinajstić information content (AvgIpc) is 3.58. The lowest BCUT2D eigenvalue weighted by atomic mass is 9.58. The topological polar surface area (TPSA) is 87.1 Å². The van der Waals surface area contributed by atoms with E-state index in [0.717, 1.165) is 46.0 Å². The number of fused-ring (bicyclic) bond motifs is 4. The van der Waals surface area contributed by atoms with Crippen LogP contribution in [0.2, 0.25) is 6.32 Å². The van der Waals surface area contributed by atoms with Gasteiger partial charge >= 0.3 is 7.12 Å². The van der Waals surface area contributed by atoms with Crippen molar-refractivity contribution < 1.29 is 24.4 Å². The van der Waals surface area contributed by atoms with Crippen molar-refractivity contribution in [1.82, 2.24) is 4.90 Å². The summed E-state index contributed by atoms with van der Waals surface area (Å²) in [5, 5.41) is 24.9. The lowest BCUT2D eigenvalue weighted by molar-refractivity contribution is -0.140. The number of carbonyl (C=O) groups excluding carboxylic acids is 2. The molecule has 6 nitrogen and oxygen atoms in total. The number of hydrogen-bond acceptors (Lipinski definition) is 6. The Morgan fingerprint density at radius 2 is 1.88 bits per heavy atom. The summed E-state index contributed by atoms with van der Waals surface area (Å²) < 4.78 is 6.17. The molecule has 3 aromatic rings. The molecule has 4 atom stereocenters. The molecule has 212 valence electrons. The molecule has 0 unspecified atom stereocenters. The third-order valence-corrected chi connectivity index (χ3v) is 10.1. The summed E-state index contributed by atoms with van der Waals surface area (Å²) in [5.41, 5.74) is 4.66. The molecular formula is C33H36BNO5S. The standard InChI is InChI=1S/C33H36BNO5S/c1-3-20(16-22-12-13-28(36)25-10-6-5-9-24(22)25)11-14-29-30-21(4-2)17-26-31(27(30)18-34(39)40-29)33(38)35(32(26)37)19-23-8-7-15-41-23/h5-10,12-13,15-16,26-27,29,31,36,39H,3-4,11,14,17-19H2,1-2H3/b20-16+/t26-,27+,29-,31-/m1/s1. The first-order valence-corrected chi connectivity index (χ1v) is 15.6. The van der Waals surface area contributed by atoms with Crippen LogP contribution in [0.5, 0.6) is 5.75 Å². The van der Waals surface area contributed by atoms with Crippen LogP contribution in [-0.2, 0) is 20.8 Å². The van der Waals surface area contributed by atoms with E-state index in [4.69, 9.17) is 4.65 Å². The van der Waals surface area contributed by atoms with Gasteiger partial charge in [-0.15, -0.1) is 11.3 Å². The van der Waals surface area contributed by atoms with Crippen molar-refractivity contribution in [3.63, 3.8) is 0 Å². The van der Waals surface area contributed by atoms with Crippen LogP contribution in [0, 0.1) is 17.8 Å². The fourth-order valence-corrected chi connectivity index (χ4v) is 7.89. The average molecular weight is 570 g/mol. The fourth-order valence-electron chi connectivity index (χ4n) is 7.20. The Balaban J connectivity index is 1.26. The number of carbonyl (C=O) groups is 2. The molecule has 0 spiro atoms. The van der Waals surface area contributed by atoms with Crippen LogP contribution in [0.15, 0.2) is 70.6 Å². The highest BCUT2D eigenvalue weighted by atomic mass is 32.1. The van der Waals surface area contributed by atoms with Gasteiger partial charge in [0.1, 0.15) is 5.75 Å². The van der Waals surface area contributed by atoms with Crippen LogP contribution in [0.4, 0.5) is 0 Å². The van der Waals surface area contributed by atoms with Crippen LogP contribution in [-0.4, -0.2) is 40.1 Å². The molecule has 0 saturated carbocycles. The van der Waals surface area contributed by atoms with Gasteiger partial charge in [0.05, 0.1) is 24.5 Å². The predicted octanol–water partition coefficient (Wildman–Crippen LogP) is 6.59. The first-order chi connectivity index (χ1) is 19.9. The quantitative estimate of drug-likeness (QED) is 0.182. The molecule has 2 aliphatic heterocycles. The highest BCUT2D eigenvalue weighted by Gasteiger charge is 2.57. The summed E-state index contributed by atoms with van der Waals surface area (Å²) in [6.45, 7) is 4.57. The number of phenolic OH excluding ortho intramolecular Hbond substituents is 1. The molecule has 41 heavy (non-hydrogen) atoms. The van der Waals surface area contributed by atoms with Crippen LogP contribution in [0.3, 0.4) is 0 Å². The minimum Gasteiger partial charge on any atom is -0.507 e. The Morgan fingerprint density at radius 1 is 1.07 bits per heavy atom. The van der Waals surface area contributed by atoms with E-state index in [0.29, 0.717) is 25.7 Å². The van der Waals surface area contributed by atoms with Crippen molar-refractivity contribution in [2.75, 3.05) is 0 Å². The van der Waals surface area contributed by atoms with E-state index >= 15 is 0 Å². The Bertz CT molecular complexity index is 1530. The number of benzene rings is 2. The van der Waals surface area contributed by atoms with Crippen molar-refractivity contribution in [3.05, 3.63) is 81.1 Å². The van der Waals surface area contributed by atoms with Gasteiger partial charge < -0.3 is 14.8 Å². The molecule has 3 heterocycles. The van der Waals surface area contributed by atoms with Crippen molar-refractivity contribution in [2.24, 2.45) is 17.8 Å². The highest BCUT2D eigenvalue weighted by molar-refractivity contribution is 7.09. The Labute approximate surface area is 245 Å². The van der Waals surface area contributed by atoms with Crippen molar-refractivity contribution in [1.29, 1.82) is 0 Å². The number of aromatic hydroxyl groups is 1. The summed E-state index contributed by atoms with van der Waals surface area (Å²) in [5.74, 6) is -0.878. The number of amides is 2. The number of likely N-dealkylation sites (tertiary alicyclic amines) is 1. The molecule has 1 aliphatic carbocycles. The van der Waals surface area contributed by atoms with Crippen molar-refractivity contribution in [3.8, 4) is 5.75 Å². The number of thiophene rings is 1. The molecule has 1 aromatic heterocycles. The zero-order valence-electron chi connectivity index (χ0n) is 23.6. The summed E-state index contributed by atoms with van der Waals surface area (Å²) in [7, 11) is -0.963. The molecule has 0 bridgehead atoms. The number of phenols is 1. The maximum Gasteiger partial charge on any atom is 0.455 e. The van der Waals surface area contributed by atoms with E-state index in [2.05, 4.69) is 19.9 Å². The second kappa shape index (κ2) is 11.6. The van der Waals surface area contributed by atoms with Gasteiger partial charge in [0.25, 0.3) is 0 Å². The Kier molecular flexibility index (Phi) is 7.90. The van der Waals surface area contributed by atoms with E-state index in [1.54, 1.807) is 17.4 Å². The third-order valence-electron chi connectivity index (χ3n) is 9.20. The summed E-state index contributed by atoms with van der Waals surface area (Å²) in [6.07, 6.45) is 5.98. The summed E-state index contributed by atoms with van der Waals surface area (Å²) in [6, 6.07) is 15.5. The summed E-state index contributed by atoms with van der Waals surface area (Å²) >= 11 is 1.55. The Hall–Kier alpha value is -3.20. The highest BCUT2D eigenvalue weighted by Crippen LogP contribution is 2.51. The summed E-state index contributed by atoms with van der Waals surface area (Å²) in [4.78, 5) is 29.7. The van der Waals surface area contributed by atoms with Gasteiger partial charge in [0, 0.05) is 10.3 Å². The SMILES string of the molecule is CCC1=C2[C@@H](CC/C(=C/c3ccc(O)c4ccccc34)CC)OB(O)C[C@@H]2[C@@H]2C(=O)N(Cc3cccs3)C(=O)[C@@H]2C1. The van der Waals surface area contributed by atoms with E-state index < -0.39 is 13.0 Å². The number of imide groups is 1. The van der Waals surface area contributed by atoms with Gasteiger partial charge in [0.15, 0.2) is 0 Å². The van der Waals surface area contributed by atoms with E-state index in [1.807, 2.05) is 47.8 Å². The molecule has 2 amide bonds. The second-order valence-corrected chi connectivity index (χ2v) is 12.5. The minimum atomic E-state index is -0.963. The maximum absolute atomic E-state index is 13.7. The van der Waals surface area contributed by atoms with E-state index in [-0.39, 0.29) is 35.5 Å². The van der Waals surface area contributed by atoms with Crippen LogP contribution < -0.4 is 0 Å². The van der Waals surface area contributed by atoms with Crippen LogP contribution in [0.1, 0.15) is 56.4 Å². The first kappa shape index (κ1) is 27.9. The van der Waals surface area contributed by atoms with Crippen molar-refractivity contribution >= 4 is 47.1 Å². The van der Waals surface area contributed by atoms with Crippen molar-refractivity contribution in [2.45, 2.75) is 64.9 Å². The molecule has 2 N–H and O–H groups in total. The lowest BCUT2D eigenvalue weighted by Crippen LogP contribution is -2.46. The van der Waals surface area contributed by atoms with Gasteiger partial charge in [-0.05, 0) is 78.4 Å². The molecular weight excluding hydrogens is 533 g/mol. The molecule has 2 fully saturated rings. The molecule has 6 rings (SSSR count). The molecule has 2 saturated heterocycles. The fraction of sp³-hybridized carbons (Fsp3) is 0.394. The van der Waals surface area contributed by atoms with Crippen LogP contribution >= 0.6 is 11.3 Å². The number of allylic oxidation sites excluding steroid dienone is 2. The normalized spacial score (nSPS) is 24.8. The predicted molar refractivity (Wildman–Crippen MR) is 163 cm³/mol. The molecule has 3 aliphatic rings. The Morgan fingerprint density at radius 3 is 2.61 bits per heavy atom. The third kappa shape index (κ3) is 5.18. The first-order valence-electron chi connectivity index (χ1n) is 14.7. The largest absolute Gasteiger partial charge is 0.507 e. The van der Waals surface area contributed by atoms with Crippen LogP contribution in [0.25, 0.3) is 16.8 Å². The van der Waals surface area contributed by atoms with Gasteiger partial charge in [-0.2, -0.15) is 0 Å². The monoisotopic (exact) mass is 569 g/mol. The lowest BCUT2D eigenvalue weighted by Gasteiger charge is -2.43. The van der Waals surface area contributed by atoms with E-state index in [9.17, 15) is 19.7 Å². The second-order valence-electron chi connectivity index (χ2n) is 11.4. The molecule has 0 radical (unpaired) electrons. The van der Waals surface area contributed by atoms with Gasteiger partial charge in [0.2, 0.25) is 11.8 Å². The molecule has 8 heteroatoms. The van der Waals surface area contributed by atoms with E-state index in [1.165, 1.54) is 16.0 Å². The van der Waals surface area contributed by atoms with Gasteiger partial charge in [-0.25, -0.2) is 0 Å². The minimum absolute atomic E-state index is 0.0757. The maximum atomic E-state index is 13.7. The number of nitrogens with zero attached hydrogens (tertiary/aromatic N) is 1. The number of rotatable bonds is 8. The van der Waals surface area contributed by atoms with Gasteiger partial charge in [-0.3, -0.25) is 14.5 Å². The zero-order valence-corrected chi connectivity index (χ0v) is 24.4. The number of hydrogen-bond donors (Lipinski definition) is 2. The van der Waals surface area contributed by atoms with Gasteiger partial charge in [-0.1, -0.05) is 67.5 Å². The molecule has 2 aromatic carbocycles. The smallest absolute Gasteiger partial charge is 0.455 e.